The lowest BCUT2D eigenvalue weighted by molar-refractivity contribution is -0.370. The highest BCUT2D eigenvalue weighted by atomic mass is 19.2. The molecule has 6 nitrogen and oxygen atoms in total. The number of halogens is 1. The predicted molar refractivity (Wildman–Crippen MR) is 36.0 cm³/mol. The molecule has 5 atom stereocenters. The maximum Gasteiger partial charge on any atom is 0.286 e. The first-order chi connectivity index (χ1) is 5.91. The van der Waals surface area contributed by atoms with Crippen molar-refractivity contribution in [3.63, 3.8) is 0 Å². The van der Waals surface area contributed by atoms with Crippen LogP contribution >= 0.6 is 0 Å². The molecule has 0 amide bonds. The molecule has 0 spiro atoms. The van der Waals surface area contributed by atoms with E-state index in [9.17, 15) is 4.39 Å². The van der Waals surface area contributed by atoms with E-state index >= 15 is 0 Å². The monoisotopic (exact) mass is 198 g/mol. The third kappa shape index (κ3) is 1.66. The fourth-order valence-electron chi connectivity index (χ4n) is 1.08. The Hall–Kier alpha value is -0.310. The highest BCUT2D eigenvalue weighted by Gasteiger charge is 2.55. The number of alkyl halides is 1. The minimum atomic E-state index is -3.43. The predicted octanol–water partition coefficient (Wildman–Crippen LogP) is -2.92. The molecule has 1 aliphatic rings. The van der Waals surface area contributed by atoms with Gasteiger partial charge in [-0.05, 0) is 0 Å². The van der Waals surface area contributed by atoms with Gasteiger partial charge in [-0.15, -0.1) is 0 Å². The van der Waals surface area contributed by atoms with Crippen LogP contribution in [-0.4, -0.2) is 62.6 Å². The Morgan fingerprint density at radius 1 is 1.31 bits per heavy atom. The second-order valence-corrected chi connectivity index (χ2v) is 2.87. The minimum Gasteiger partial charge on any atom is -0.394 e. The molecule has 5 N–H and O–H groups in total. The maximum absolute atomic E-state index is 12.9. The van der Waals surface area contributed by atoms with Crippen LogP contribution in [0, 0.1) is 0 Å². The van der Waals surface area contributed by atoms with Crippen molar-refractivity contribution in [3.8, 4) is 0 Å². The van der Waals surface area contributed by atoms with E-state index in [0.717, 1.165) is 0 Å². The number of hydrogen-bond acceptors (Lipinski definition) is 6. The normalized spacial score (nSPS) is 52.2. The molecule has 1 saturated heterocycles. The lowest BCUT2D eigenvalue weighted by atomic mass is 9.97. The molecule has 0 saturated carbocycles. The van der Waals surface area contributed by atoms with Crippen LogP contribution in [0.2, 0.25) is 0 Å². The largest absolute Gasteiger partial charge is 0.394 e. The Balaban J connectivity index is 2.79. The van der Waals surface area contributed by atoms with Gasteiger partial charge >= 0.3 is 0 Å². The Bertz CT molecular complexity index is 186. The quantitative estimate of drug-likeness (QED) is 0.308. The van der Waals surface area contributed by atoms with Crippen molar-refractivity contribution in [2.75, 3.05) is 6.61 Å². The third-order valence-corrected chi connectivity index (χ3v) is 1.95. The average molecular weight is 198 g/mol. The van der Waals surface area contributed by atoms with Crippen LogP contribution in [0.25, 0.3) is 0 Å². The SMILES string of the molecule is OC[C@H]1O[C@H](O)[C@](O)(F)[C@@H](O)[C@@H]1O. The summed E-state index contributed by atoms with van der Waals surface area (Å²) in [5, 5.41) is 44.1. The molecule has 0 aromatic carbocycles. The average Bonchev–Trinajstić information content (AvgIpc) is 2.09. The van der Waals surface area contributed by atoms with Crippen LogP contribution in [0.1, 0.15) is 0 Å². The standard InChI is InChI=1S/C6H11FO6/c7-6(12)4(10)3(9)2(1-8)13-5(6)11/h2-5,8-12H,1H2/t2-,3-,4+,5+,6+/m1/s1. The lowest BCUT2D eigenvalue weighted by Gasteiger charge is -2.40. The Labute approximate surface area is 72.8 Å². The zero-order valence-corrected chi connectivity index (χ0v) is 6.54. The summed E-state index contributed by atoms with van der Waals surface area (Å²) in [4.78, 5) is 0. The van der Waals surface area contributed by atoms with E-state index in [-0.39, 0.29) is 0 Å². The van der Waals surface area contributed by atoms with Gasteiger partial charge in [0.05, 0.1) is 6.61 Å². The van der Waals surface area contributed by atoms with Gasteiger partial charge in [0.25, 0.3) is 5.85 Å². The number of hydrogen-bond donors (Lipinski definition) is 5. The molecular weight excluding hydrogens is 187 g/mol. The molecule has 7 heteroatoms. The van der Waals surface area contributed by atoms with Gasteiger partial charge in [0, 0.05) is 0 Å². The van der Waals surface area contributed by atoms with Crippen molar-refractivity contribution in [3.05, 3.63) is 0 Å². The van der Waals surface area contributed by atoms with E-state index < -0.39 is 37.1 Å². The van der Waals surface area contributed by atoms with E-state index in [2.05, 4.69) is 4.74 Å². The fourth-order valence-corrected chi connectivity index (χ4v) is 1.08. The van der Waals surface area contributed by atoms with Crippen LogP contribution in [0.4, 0.5) is 4.39 Å². The second-order valence-electron chi connectivity index (χ2n) is 2.87. The molecule has 0 radical (unpaired) electrons. The summed E-state index contributed by atoms with van der Waals surface area (Å²) in [6.45, 7) is -0.703. The molecule has 1 aliphatic heterocycles. The fraction of sp³-hybridized carbons (Fsp3) is 1.00. The van der Waals surface area contributed by atoms with Crippen LogP contribution < -0.4 is 0 Å². The van der Waals surface area contributed by atoms with E-state index in [1.165, 1.54) is 0 Å². The van der Waals surface area contributed by atoms with Crippen molar-refractivity contribution in [2.45, 2.75) is 30.5 Å². The molecule has 78 valence electrons. The molecule has 0 aromatic rings. The van der Waals surface area contributed by atoms with Crippen LogP contribution in [-0.2, 0) is 4.74 Å². The number of rotatable bonds is 1. The molecule has 0 bridgehead atoms. The Morgan fingerprint density at radius 2 is 1.85 bits per heavy atom. The number of aliphatic hydroxyl groups is 5. The molecule has 0 unspecified atom stereocenters. The summed E-state index contributed by atoms with van der Waals surface area (Å²) in [6.07, 6.45) is -7.61. The highest BCUT2D eigenvalue weighted by Crippen LogP contribution is 2.29. The lowest BCUT2D eigenvalue weighted by Crippen LogP contribution is -2.64. The van der Waals surface area contributed by atoms with Crippen molar-refractivity contribution >= 4 is 0 Å². The van der Waals surface area contributed by atoms with Gasteiger partial charge in [0.15, 0.2) is 0 Å². The van der Waals surface area contributed by atoms with Gasteiger partial charge in [0.2, 0.25) is 6.29 Å². The van der Waals surface area contributed by atoms with Crippen molar-refractivity contribution in [2.24, 2.45) is 0 Å². The first-order valence-electron chi connectivity index (χ1n) is 3.63. The first kappa shape index (κ1) is 10.8. The van der Waals surface area contributed by atoms with Gasteiger partial charge in [-0.3, -0.25) is 0 Å². The van der Waals surface area contributed by atoms with Crippen molar-refractivity contribution in [1.29, 1.82) is 0 Å². The topological polar surface area (TPSA) is 110 Å². The van der Waals surface area contributed by atoms with E-state index in [0.29, 0.717) is 0 Å². The number of ether oxygens (including phenoxy) is 1. The molecular formula is C6H11FO6. The second kappa shape index (κ2) is 3.45. The third-order valence-electron chi connectivity index (χ3n) is 1.95. The Morgan fingerprint density at radius 3 is 2.31 bits per heavy atom. The molecule has 1 heterocycles. The van der Waals surface area contributed by atoms with Gasteiger partial charge in [-0.25, -0.2) is 4.39 Å². The molecule has 13 heavy (non-hydrogen) atoms. The van der Waals surface area contributed by atoms with Crippen molar-refractivity contribution < 1.29 is 34.7 Å². The molecule has 0 aliphatic carbocycles. The summed E-state index contributed by atoms with van der Waals surface area (Å²) in [5.74, 6) is -3.43. The summed E-state index contributed by atoms with van der Waals surface area (Å²) in [7, 11) is 0. The molecule has 0 aromatic heterocycles. The molecule has 1 rings (SSSR count). The first-order valence-corrected chi connectivity index (χ1v) is 3.63. The summed E-state index contributed by atoms with van der Waals surface area (Å²) in [5.41, 5.74) is 0. The van der Waals surface area contributed by atoms with Gasteiger partial charge in [-0.2, -0.15) is 0 Å². The van der Waals surface area contributed by atoms with Gasteiger partial charge in [-0.1, -0.05) is 0 Å². The van der Waals surface area contributed by atoms with Crippen LogP contribution in [0.15, 0.2) is 0 Å². The maximum atomic E-state index is 12.9. The summed E-state index contributed by atoms with van der Waals surface area (Å²) < 4.78 is 17.2. The highest BCUT2D eigenvalue weighted by molar-refractivity contribution is 4.93. The zero-order valence-electron chi connectivity index (χ0n) is 6.54. The van der Waals surface area contributed by atoms with Crippen LogP contribution in [0.5, 0.6) is 0 Å². The molecule has 1 fully saturated rings. The van der Waals surface area contributed by atoms with Crippen molar-refractivity contribution in [1.82, 2.24) is 0 Å². The van der Waals surface area contributed by atoms with E-state index in [1.54, 1.807) is 0 Å². The van der Waals surface area contributed by atoms with E-state index in [4.69, 9.17) is 25.5 Å². The zero-order chi connectivity index (χ0) is 10.2. The summed E-state index contributed by atoms with van der Waals surface area (Å²) in [6, 6.07) is 0. The van der Waals surface area contributed by atoms with Gasteiger partial charge < -0.3 is 30.3 Å². The number of aliphatic hydroxyl groups excluding tert-OH is 4. The minimum absolute atomic E-state index is 0.703. The van der Waals surface area contributed by atoms with Crippen LogP contribution in [0.3, 0.4) is 0 Å². The van der Waals surface area contributed by atoms with E-state index in [1.807, 2.05) is 0 Å². The van der Waals surface area contributed by atoms with Gasteiger partial charge in [0.1, 0.15) is 18.3 Å². The Kier molecular flexibility index (Phi) is 2.85. The smallest absolute Gasteiger partial charge is 0.286 e. The summed E-state index contributed by atoms with van der Waals surface area (Å²) >= 11 is 0.